The summed E-state index contributed by atoms with van der Waals surface area (Å²) in [5.41, 5.74) is 0.846. The van der Waals surface area contributed by atoms with Crippen LogP contribution >= 0.6 is 15.9 Å². The minimum absolute atomic E-state index is 0.00646. The fourth-order valence-corrected chi connectivity index (χ4v) is 4.39. The number of carbonyl (C=O) groups is 2. The van der Waals surface area contributed by atoms with Crippen molar-refractivity contribution in [2.45, 2.75) is 51.7 Å². The number of ketones is 1. The lowest BCUT2D eigenvalue weighted by molar-refractivity contribution is 0.0497. The van der Waals surface area contributed by atoms with Crippen molar-refractivity contribution >= 4 is 44.4 Å². The van der Waals surface area contributed by atoms with Crippen LogP contribution < -0.4 is 10.2 Å². The predicted molar refractivity (Wildman–Crippen MR) is 136 cm³/mol. The van der Waals surface area contributed by atoms with Gasteiger partial charge in [0.2, 0.25) is 0 Å². The number of fused-ring (bicyclic) bond motifs is 1. The van der Waals surface area contributed by atoms with Gasteiger partial charge in [0.25, 0.3) is 0 Å². The van der Waals surface area contributed by atoms with E-state index < -0.39 is 5.60 Å². The molecular formula is C26H29BrN4O3. The van der Waals surface area contributed by atoms with Gasteiger partial charge in [-0.05, 0) is 69.3 Å². The first-order valence-corrected chi connectivity index (χ1v) is 12.2. The van der Waals surface area contributed by atoms with Crippen LogP contribution in [0, 0.1) is 0 Å². The van der Waals surface area contributed by atoms with Gasteiger partial charge in [-0.15, -0.1) is 0 Å². The van der Waals surface area contributed by atoms with E-state index in [0.717, 1.165) is 52.7 Å². The number of halogens is 1. The van der Waals surface area contributed by atoms with E-state index in [9.17, 15) is 9.59 Å². The van der Waals surface area contributed by atoms with E-state index in [-0.39, 0.29) is 24.3 Å². The number of piperidine rings is 1. The van der Waals surface area contributed by atoms with Gasteiger partial charge in [-0.3, -0.25) is 9.78 Å². The van der Waals surface area contributed by atoms with E-state index in [0.29, 0.717) is 5.56 Å². The van der Waals surface area contributed by atoms with Crippen LogP contribution in [0.4, 0.5) is 10.6 Å². The fourth-order valence-electron chi connectivity index (χ4n) is 4.01. The molecule has 0 bridgehead atoms. The number of hydrogen-bond donors (Lipinski definition) is 1. The maximum Gasteiger partial charge on any atom is 0.407 e. The second-order valence-corrected chi connectivity index (χ2v) is 10.5. The second-order valence-electron chi connectivity index (χ2n) is 9.58. The predicted octanol–water partition coefficient (Wildman–Crippen LogP) is 5.31. The Morgan fingerprint density at radius 2 is 1.85 bits per heavy atom. The Hall–Kier alpha value is -3.00. The van der Waals surface area contributed by atoms with E-state index in [2.05, 4.69) is 36.1 Å². The van der Waals surface area contributed by atoms with E-state index >= 15 is 0 Å². The average Bonchev–Trinajstić information content (AvgIpc) is 2.78. The van der Waals surface area contributed by atoms with Crippen molar-refractivity contribution in [1.82, 2.24) is 15.3 Å². The molecule has 8 heteroatoms. The second kappa shape index (κ2) is 10.1. The number of Topliss-reactive ketones (excluding diaryl/α,β-unsaturated/α-hetero) is 1. The Morgan fingerprint density at radius 1 is 1.09 bits per heavy atom. The lowest BCUT2D eigenvalue weighted by Gasteiger charge is -2.33. The molecule has 7 nitrogen and oxygen atoms in total. The van der Waals surface area contributed by atoms with Gasteiger partial charge in [-0.25, -0.2) is 9.78 Å². The Kier molecular flexibility index (Phi) is 7.16. The number of alkyl carbamates (subject to hydrolysis) is 1. The molecule has 0 saturated carbocycles. The van der Waals surface area contributed by atoms with Crippen LogP contribution in [0.2, 0.25) is 0 Å². The summed E-state index contributed by atoms with van der Waals surface area (Å²) in [5.74, 6) is 0.781. The largest absolute Gasteiger partial charge is 0.444 e. The van der Waals surface area contributed by atoms with Crippen molar-refractivity contribution in [3.05, 3.63) is 64.5 Å². The SMILES string of the molecule is CC(C)(C)OC(=O)NC1CCN(c2cc(C(=O)Cc3cc4cc(Br)ccc4cn3)ccn2)CC1. The number of anilines is 1. The Bertz CT molecular complexity index is 1200. The topological polar surface area (TPSA) is 84.4 Å². The molecule has 4 rings (SSSR count). The van der Waals surface area contributed by atoms with Crippen molar-refractivity contribution in [2.24, 2.45) is 0 Å². The highest BCUT2D eigenvalue weighted by molar-refractivity contribution is 9.10. The molecule has 3 aromatic rings. The summed E-state index contributed by atoms with van der Waals surface area (Å²) in [6, 6.07) is 11.6. The summed E-state index contributed by atoms with van der Waals surface area (Å²) >= 11 is 3.49. The molecule has 1 N–H and O–H groups in total. The van der Waals surface area contributed by atoms with E-state index in [1.165, 1.54) is 0 Å². The first-order chi connectivity index (χ1) is 16.2. The average molecular weight is 525 g/mol. The number of benzene rings is 1. The number of nitrogens with zero attached hydrogens (tertiary/aromatic N) is 3. The van der Waals surface area contributed by atoms with Crippen LogP contribution in [-0.4, -0.2) is 46.6 Å². The lowest BCUT2D eigenvalue weighted by atomic mass is 10.0. The first-order valence-electron chi connectivity index (χ1n) is 11.4. The molecule has 0 radical (unpaired) electrons. The number of amides is 1. The number of nitrogens with one attached hydrogen (secondary N) is 1. The Morgan fingerprint density at radius 3 is 2.59 bits per heavy atom. The normalized spacial score (nSPS) is 14.8. The lowest BCUT2D eigenvalue weighted by Crippen LogP contribution is -2.46. The maximum atomic E-state index is 13.0. The molecule has 178 valence electrons. The van der Waals surface area contributed by atoms with Gasteiger partial charge in [0.15, 0.2) is 5.78 Å². The van der Waals surface area contributed by atoms with Crippen LogP contribution in [0.5, 0.6) is 0 Å². The van der Waals surface area contributed by atoms with Gasteiger partial charge in [-0.2, -0.15) is 0 Å². The molecule has 3 heterocycles. The third-order valence-corrected chi connectivity index (χ3v) is 6.18. The number of carbonyl (C=O) groups excluding carboxylic acids is 2. The summed E-state index contributed by atoms with van der Waals surface area (Å²) in [4.78, 5) is 36.1. The Balaban J connectivity index is 1.37. The number of rotatable bonds is 5. The van der Waals surface area contributed by atoms with Crippen molar-refractivity contribution in [2.75, 3.05) is 18.0 Å². The van der Waals surface area contributed by atoms with Gasteiger partial charge in [0.05, 0.1) is 6.42 Å². The van der Waals surface area contributed by atoms with Crippen LogP contribution in [0.15, 0.2) is 53.3 Å². The minimum atomic E-state index is -0.513. The Labute approximate surface area is 208 Å². The number of ether oxygens (including phenoxy) is 1. The molecule has 0 spiro atoms. The van der Waals surface area contributed by atoms with E-state index in [4.69, 9.17) is 4.74 Å². The molecule has 1 aromatic carbocycles. The zero-order valence-electron chi connectivity index (χ0n) is 19.7. The first kappa shape index (κ1) is 24.1. The standard InChI is InChI=1S/C26H29BrN4O3/c1-26(2,3)34-25(33)30-21-7-10-31(11-8-21)24-14-17(6-9-28-24)23(32)15-22-13-19-12-20(27)5-4-18(19)16-29-22/h4-6,9,12-14,16,21H,7-8,10-11,15H2,1-3H3,(H,30,33). The molecule has 0 aliphatic carbocycles. The minimum Gasteiger partial charge on any atom is -0.444 e. The number of aromatic nitrogens is 2. The van der Waals surface area contributed by atoms with Crippen molar-refractivity contribution in [1.29, 1.82) is 0 Å². The summed E-state index contributed by atoms with van der Waals surface area (Å²) in [6.45, 7) is 7.04. The fraction of sp³-hybridized carbons (Fsp3) is 0.385. The van der Waals surface area contributed by atoms with E-state index in [1.807, 2.05) is 51.1 Å². The smallest absolute Gasteiger partial charge is 0.407 e. The quantitative estimate of drug-likeness (QED) is 0.455. The zero-order chi connectivity index (χ0) is 24.3. The molecule has 1 saturated heterocycles. The molecule has 1 aliphatic heterocycles. The highest BCUT2D eigenvalue weighted by Crippen LogP contribution is 2.22. The summed E-state index contributed by atoms with van der Waals surface area (Å²) < 4.78 is 6.34. The van der Waals surface area contributed by atoms with Gasteiger partial charge >= 0.3 is 6.09 Å². The van der Waals surface area contributed by atoms with Crippen LogP contribution in [-0.2, 0) is 11.2 Å². The van der Waals surface area contributed by atoms with Gasteiger partial charge in [0.1, 0.15) is 11.4 Å². The van der Waals surface area contributed by atoms with Crippen molar-refractivity contribution in [3.63, 3.8) is 0 Å². The summed E-state index contributed by atoms with van der Waals surface area (Å²) in [5, 5.41) is 5.03. The third-order valence-electron chi connectivity index (χ3n) is 5.69. The van der Waals surface area contributed by atoms with Gasteiger partial charge in [-0.1, -0.05) is 22.0 Å². The van der Waals surface area contributed by atoms with Crippen LogP contribution in [0.3, 0.4) is 0 Å². The summed E-state index contributed by atoms with van der Waals surface area (Å²) in [7, 11) is 0. The highest BCUT2D eigenvalue weighted by Gasteiger charge is 2.24. The van der Waals surface area contributed by atoms with E-state index in [1.54, 1.807) is 18.5 Å². The van der Waals surface area contributed by atoms with Gasteiger partial charge in [0, 0.05) is 52.6 Å². The van der Waals surface area contributed by atoms with Crippen LogP contribution in [0.25, 0.3) is 10.8 Å². The zero-order valence-corrected chi connectivity index (χ0v) is 21.3. The van der Waals surface area contributed by atoms with Crippen molar-refractivity contribution < 1.29 is 14.3 Å². The third kappa shape index (κ3) is 6.32. The molecule has 1 amide bonds. The molecule has 1 fully saturated rings. The molecule has 2 aromatic heterocycles. The van der Waals surface area contributed by atoms with Gasteiger partial charge < -0.3 is 15.0 Å². The molecule has 0 atom stereocenters. The number of pyridine rings is 2. The molecule has 1 aliphatic rings. The van der Waals surface area contributed by atoms with Crippen molar-refractivity contribution in [3.8, 4) is 0 Å². The molecule has 0 unspecified atom stereocenters. The summed E-state index contributed by atoms with van der Waals surface area (Å²) in [6.07, 6.45) is 4.90. The highest BCUT2D eigenvalue weighted by atomic mass is 79.9. The van der Waals surface area contributed by atoms with Crippen LogP contribution in [0.1, 0.15) is 49.7 Å². The monoisotopic (exact) mass is 524 g/mol. The maximum absolute atomic E-state index is 13.0. The molecule has 34 heavy (non-hydrogen) atoms. The molecular weight excluding hydrogens is 496 g/mol. The number of hydrogen-bond acceptors (Lipinski definition) is 6.